The zero-order valence-electron chi connectivity index (χ0n) is 11.1. The molecule has 0 radical (unpaired) electrons. The topological polar surface area (TPSA) is 38.7 Å². The van der Waals surface area contributed by atoms with Crippen LogP contribution < -0.4 is 0 Å². The predicted molar refractivity (Wildman–Crippen MR) is 73.6 cm³/mol. The molecule has 1 fully saturated rings. The lowest BCUT2D eigenvalue weighted by atomic mass is 10.1. The van der Waals surface area contributed by atoms with Gasteiger partial charge in [-0.25, -0.2) is 0 Å². The first-order valence-electron chi connectivity index (χ1n) is 6.72. The van der Waals surface area contributed by atoms with E-state index in [1.54, 1.807) is 0 Å². The summed E-state index contributed by atoms with van der Waals surface area (Å²) in [6, 6.07) is 8.05. The van der Waals surface area contributed by atoms with Gasteiger partial charge in [0.25, 0.3) is 0 Å². The van der Waals surface area contributed by atoms with Gasteiger partial charge in [0, 0.05) is 24.5 Å². The molecule has 1 aromatic carbocycles. The smallest absolute Gasteiger partial charge is 0.0717 e. The Bertz CT molecular complexity index is 422. The summed E-state index contributed by atoms with van der Waals surface area (Å²) in [6.45, 7) is 3.23. The molecule has 1 N–H and O–H groups in total. The van der Waals surface area contributed by atoms with Crippen LogP contribution in [-0.4, -0.2) is 31.5 Å². The molecule has 3 heteroatoms. The molecule has 3 nitrogen and oxygen atoms in total. The predicted octanol–water partition coefficient (Wildman–Crippen LogP) is 1.97. The minimum absolute atomic E-state index is 0.115. The third kappa shape index (κ3) is 5.04. The summed E-state index contributed by atoms with van der Waals surface area (Å²) < 4.78 is 11.0. The van der Waals surface area contributed by atoms with Crippen molar-refractivity contribution in [2.45, 2.75) is 19.4 Å². The highest BCUT2D eigenvalue weighted by atomic mass is 16.5. The van der Waals surface area contributed by atoms with Gasteiger partial charge in [0.05, 0.1) is 26.4 Å². The minimum atomic E-state index is 0.115. The van der Waals surface area contributed by atoms with Crippen molar-refractivity contribution in [3.05, 3.63) is 35.4 Å². The highest BCUT2D eigenvalue weighted by Gasteiger charge is 2.15. The van der Waals surface area contributed by atoms with Gasteiger partial charge in [0.1, 0.15) is 0 Å². The normalized spacial score (nSPS) is 18.1. The van der Waals surface area contributed by atoms with E-state index < -0.39 is 0 Å². The zero-order valence-corrected chi connectivity index (χ0v) is 11.1. The molecule has 1 saturated heterocycles. The standard InChI is InChI=1S/C16H20O3/c17-9-2-1-3-14-4-6-15(7-5-14)11-19-13-16-8-10-18-12-16/h4-7,16-17H,2,8-13H2. The second-order valence-corrected chi connectivity index (χ2v) is 4.72. The van der Waals surface area contributed by atoms with Gasteiger partial charge in [0.15, 0.2) is 0 Å². The summed E-state index contributed by atoms with van der Waals surface area (Å²) >= 11 is 0. The van der Waals surface area contributed by atoms with Crippen LogP contribution in [0.15, 0.2) is 24.3 Å². The number of aliphatic hydroxyl groups is 1. The number of benzene rings is 1. The molecule has 1 aliphatic heterocycles. The van der Waals surface area contributed by atoms with E-state index in [-0.39, 0.29) is 6.61 Å². The molecule has 19 heavy (non-hydrogen) atoms. The Balaban J connectivity index is 1.73. The van der Waals surface area contributed by atoms with E-state index in [2.05, 4.69) is 11.8 Å². The van der Waals surface area contributed by atoms with Crippen LogP contribution >= 0.6 is 0 Å². The van der Waals surface area contributed by atoms with Crippen molar-refractivity contribution >= 4 is 0 Å². The molecule has 1 heterocycles. The SMILES string of the molecule is OCCC#Cc1ccc(COCC2CCOC2)cc1. The molecule has 0 bridgehead atoms. The molecule has 0 spiro atoms. The first-order valence-corrected chi connectivity index (χ1v) is 6.72. The largest absolute Gasteiger partial charge is 0.395 e. The fraction of sp³-hybridized carbons (Fsp3) is 0.500. The Kier molecular flexibility index (Phi) is 5.90. The van der Waals surface area contributed by atoms with Crippen molar-refractivity contribution in [3.63, 3.8) is 0 Å². The number of aliphatic hydroxyl groups excluding tert-OH is 1. The summed E-state index contributed by atoms with van der Waals surface area (Å²) in [6.07, 6.45) is 1.63. The Morgan fingerprint density at radius 2 is 2.16 bits per heavy atom. The van der Waals surface area contributed by atoms with Gasteiger partial charge in [-0.05, 0) is 24.1 Å². The van der Waals surface area contributed by atoms with Gasteiger partial charge in [-0.1, -0.05) is 24.0 Å². The number of hydrogen-bond acceptors (Lipinski definition) is 3. The van der Waals surface area contributed by atoms with Gasteiger partial charge >= 0.3 is 0 Å². The van der Waals surface area contributed by atoms with Crippen molar-refractivity contribution in [1.29, 1.82) is 0 Å². The van der Waals surface area contributed by atoms with Crippen LogP contribution in [0.1, 0.15) is 24.0 Å². The summed E-state index contributed by atoms with van der Waals surface area (Å²) in [5.74, 6) is 6.47. The van der Waals surface area contributed by atoms with Crippen LogP contribution in [0.2, 0.25) is 0 Å². The second-order valence-electron chi connectivity index (χ2n) is 4.72. The van der Waals surface area contributed by atoms with Crippen LogP contribution in [0.25, 0.3) is 0 Å². The zero-order chi connectivity index (χ0) is 13.3. The van der Waals surface area contributed by atoms with E-state index in [1.165, 1.54) is 0 Å². The van der Waals surface area contributed by atoms with Crippen molar-refractivity contribution in [3.8, 4) is 11.8 Å². The summed E-state index contributed by atoms with van der Waals surface area (Å²) in [4.78, 5) is 0. The first kappa shape index (κ1) is 14.1. The summed E-state index contributed by atoms with van der Waals surface area (Å²) in [7, 11) is 0. The van der Waals surface area contributed by atoms with E-state index in [0.29, 0.717) is 18.9 Å². The molecule has 0 aromatic heterocycles. The van der Waals surface area contributed by atoms with Gasteiger partial charge < -0.3 is 14.6 Å². The first-order chi connectivity index (χ1) is 9.38. The third-order valence-corrected chi connectivity index (χ3v) is 3.07. The average Bonchev–Trinajstić information content (AvgIpc) is 2.94. The number of rotatable bonds is 5. The highest BCUT2D eigenvalue weighted by Crippen LogP contribution is 2.13. The molecule has 1 atom stereocenters. The fourth-order valence-electron chi connectivity index (χ4n) is 1.96. The molecule has 102 valence electrons. The van der Waals surface area contributed by atoms with E-state index in [1.807, 2.05) is 24.3 Å². The Morgan fingerprint density at radius 1 is 1.32 bits per heavy atom. The maximum Gasteiger partial charge on any atom is 0.0717 e. The quantitative estimate of drug-likeness (QED) is 0.823. The van der Waals surface area contributed by atoms with Crippen LogP contribution in [0.3, 0.4) is 0 Å². The van der Waals surface area contributed by atoms with E-state index >= 15 is 0 Å². The molecule has 0 saturated carbocycles. The minimum Gasteiger partial charge on any atom is -0.395 e. The molecule has 1 unspecified atom stereocenters. The van der Waals surface area contributed by atoms with Crippen molar-refractivity contribution in [2.75, 3.05) is 26.4 Å². The molecule has 0 amide bonds. The monoisotopic (exact) mass is 260 g/mol. The maximum absolute atomic E-state index is 8.65. The maximum atomic E-state index is 8.65. The second kappa shape index (κ2) is 7.96. The van der Waals surface area contributed by atoms with Crippen LogP contribution in [0, 0.1) is 17.8 Å². The van der Waals surface area contributed by atoms with E-state index in [9.17, 15) is 0 Å². The van der Waals surface area contributed by atoms with E-state index in [0.717, 1.165) is 37.4 Å². The van der Waals surface area contributed by atoms with Gasteiger partial charge in [-0.2, -0.15) is 0 Å². The van der Waals surface area contributed by atoms with Crippen LogP contribution in [-0.2, 0) is 16.1 Å². The van der Waals surface area contributed by atoms with E-state index in [4.69, 9.17) is 14.6 Å². The van der Waals surface area contributed by atoms with Crippen LogP contribution in [0.4, 0.5) is 0 Å². The van der Waals surface area contributed by atoms with Crippen molar-refractivity contribution < 1.29 is 14.6 Å². The fourth-order valence-corrected chi connectivity index (χ4v) is 1.96. The average molecular weight is 260 g/mol. The lowest BCUT2D eigenvalue weighted by Gasteiger charge is -2.08. The summed E-state index contributed by atoms with van der Waals surface area (Å²) in [5.41, 5.74) is 2.13. The van der Waals surface area contributed by atoms with Crippen LogP contribution in [0.5, 0.6) is 0 Å². The van der Waals surface area contributed by atoms with Crippen molar-refractivity contribution in [1.82, 2.24) is 0 Å². The van der Waals surface area contributed by atoms with Crippen molar-refractivity contribution in [2.24, 2.45) is 5.92 Å². The molecular weight excluding hydrogens is 240 g/mol. The molecule has 2 rings (SSSR count). The molecule has 0 aliphatic carbocycles. The molecule has 1 aliphatic rings. The Labute approximate surface area is 114 Å². The van der Waals surface area contributed by atoms with Gasteiger partial charge in [0.2, 0.25) is 0 Å². The highest BCUT2D eigenvalue weighted by molar-refractivity contribution is 5.35. The Hall–Kier alpha value is -1.34. The van der Waals surface area contributed by atoms with Gasteiger partial charge in [-0.15, -0.1) is 0 Å². The third-order valence-electron chi connectivity index (χ3n) is 3.07. The molecular formula is C16H20O3. The summed E-state index contributed by atoms with van der Waals surface area (Å²) in [5, 5.41) is 8.65. The number of hydrogen-bond donors (Lipinski definition) is 1. The molecule has 1 aromatic rings. The Morgan fingerprint density at radius 3 is 2.84 bits per heavy atom. The van der Waals surface area contributed by atoms with Gasteiger partial charge in [-0.3, -0.25) is 0 Å². The lowest BCUT2D eigenvalue weighted by Crippen LogP contribution is -2.09. The number of ether oxygens (including phenoxy) is 2. The lowest BCUT2D eigenvalue weighted by molar-refractivity contribution is 0.0791.